The molecule has 3 rings (SSSR count). The minimum atomic E-state index is -0.300. The molecule has 5 nitrogen and oxygen atoms in total. The summed E-state index contributed by atoms with van der Waals surface area (Å²) >= 11 is 0. The SMILES string of the molecule is CC(C)CC(c1ccc([N-]c2ccc(F)cc2)c(C=N)c1)C(C)(C)CNC(=O)N1CCCC(C)(C)C1. The lowest BCUT2D eigenvalue weighted by molar-refractivity contribution is 0.125. The summed E-state index contributed by atoms with van der Waals surface area (Å²) in [6, 6.07) is 12.1. The van der Waals surface area contributed by atoms with Gasteiger partial charge in [-0.3, -0.25) is 0 Å². The molecule has 36 heavy (non-hydrogen) atoms. The van der Waals surface area contributed by atoms with Gasteiger partial charge in [-0.05, 0) is 65.2 Å². The van der Waals surface area contributed by atoms with Gasteiger partial charge in [0.05, 0.1) is 0 Å². The summed E-state index contributed by atoms with van der Waals surface area (Å²) in [5, 5.41) is 15.8. The van der Waals surface area contributed by atoms with Crippen LogP contribution in [0, 0.1) is 28.0 Å². The zero-order valence-corrected chi connectivity index (χ0v) is 22.7. The first-order chi connectivity index (χ1) is 16.9. The van der Waals surface area contributed by atoms with E-state index in [1.54, 1.807) is 12.1 Å². The van der Waals surface area contributed by atoms with Crippen LogP contribution >= 0.6 is 0 Å². The Morgan fingerprint density at radius 3 is 2.53 bits per heavy atom. The smallest absolute Gasteiger partial charge is 0.317 e. The molecule has 0 bridgehead atoms. The number of likely N-dealkylation sites (tertiary alicyclic amines) is 1. The number of nitrogens with one attached hydrogen (secondary N) is 2. The molecule has 0 aliphatic carbocycles. The molecule has 196 valence electrons. The zero-order chi connectivity index (χ0) is 26.5. The van der Waals surface area contributed by atoms with Crippen LogP contribution in [0.3, 0.4) is 0 Å². The van der Waals surface area contributed by atoms with Crippen LogP contribution in [0.4, 0.5) is 20.6 Å². The monoisotopic (exact) mass is 493 g/mol. The van der Waals surface area contributed by atoms with Gasteiger partial charge < -0.3 is 20.9 Å². The summed E-state index contributed by atoms with van der Waals surface area (Å²) in [6.07, 6.45) is 4.48. The zero-order valence-electron chi connectivity index (χ0n) is 22.7. The Balaban J connectivity index is 1.78. The van der Waals surface area contributed by atoms with Gasteiger partial charge in [-0.15, -0.1) is 11.4 Å². The average Bonchev–Trinajstić information content (AvgIpc) is 2.82. The highest BCUT2D eigenvalue weighted by atomic mass is 19.1. The molecule has 1 fully saturated rings. The molecule has 1 aliphatic rings. The second kappa shape index (κ2) is 11.4. The third-order valence-corrected chi connectivity index (χ3v) is 7.22. The van der Waals surface area contributed by atoms with Crippen molar-refractivity contribution in [2.24, 2.45) is 16.7 Å². The van der Waals surface area contributed by atoms with Crippen molar-refractivity contribution in [2.75, 3.05) is 19.6 Å². The molecule has 1 aliphatic heterocycles. The van der Waals surface area contributed by atoms with Gasteiger partial charge in [0.2, 0.25) is 0 Å². The van der Waals surface area contributed by atoms with Gasteiger partial charge in [0.1, 0.15) is 5.82 Å². The van der Waals surface area contributed by atoms with E-state index in [0.29, 0.717) is 23.8 Å². The Bertz CT molecular complexity index is 1050. The summed E-state index contributed by atoms with van der Waals surface area (Å²) in [5.74, 6) is 0.362. The molecule has 6 heteroatoms. The van der Waals surface area contributed by atoms with Gasteiger partial charge in [0.25, 0.3) is 0 Å². The minimum Gasteiger partial charge on any atom is -0.657 e. The van der Waals surface area contributed by atoms with E-state index in [4.69, 9.17) is 5.41 Å². The van der Waals surface area contributed by atoms with Crippen LogP contribution in [0.5, 0.6) is 0 Å². The summed E-state index contributed by atoms with van der Waals surface area (Å²) in [5.41, 5.74) is 3.16. The van der Waals surface area contributed by atoms with Gasteiger partial charge in [-0.25, -0.2) is 9.18 Å². The third kappa shape index (κ3) is 7.31. The number of rotatable bonds is 9. The maximum absolute atomic E-state index is 13.3. The predicted octanol–water partition coefficient (Wildman–Crippen LogP) is 8.15. The fraction of sp³-hybridized carbons (Fsp3) is 0.533. The fourth-order valence-electron chi connectivity index (χ4n) is 5.17. The molecule has 2 aromatic rings. The Hall–Kier alpha value is -2.89. The summed E-state index contributed by atoms with van der Waals surface area (Å²) in [7, 11) is 0. The molecule has 0 aromatic heterocycles. The van der Waals surface area contributed by atoms with Crippen molar-refractivity contribution in [3.8, 4) is 0 Å². The van der Waals surface area contributed by atoms with Crippen molar-refractivity contribution in [3.05, 3.63) is 64.7 Å². The minimum absolute atomic E-state index is 0.0211. The molecule has 1 saturated heterocycles. The number of carbonyl (C=O) groups excluding carboxylic acids is 1. The second-order valence-electron chi connectivity index (χ2n) is 12.1. The Morgan fingerprint density at radius 2 is 1.92 bits per heavy atom. The first-order valence-electron chi connectivity index (χ1n) is 13.0. The largest absolute Gasteiger partial charge is 0.657 e. The van der Waals surface area contributed by atoms with E-state index < -0.39 is 0 Å². The Labute approximate surface area is 216 Å². The molecule has 2 N–H and O–H groups in total. The standard InChI is InChI=1S/C30H43FN4O/c1-21(2)16-26(30(5,6)19-33-28(36)35-15-7-14-29(3,4)20-35)22-8-13-27(23(17-22)18-32)34-25-11-9-24(31)10-12-25/h8-13,17-18,21,26H,7,14-16,19-20H2,1-6H3,(H3,32,33,34,36)/p-1. The van der Waals surface area contributed by atoms with E-state index in [2.05, 4.69) is 58.2 Å². The lowest BCUT2D eigenvalue weighted by Gasteiger charge is -2.40. The highest BCUT2D eigenvalue weighted by molar-refractivity contribution is 5.89. The topological polar surface area (TPSA) is 70.3 Å². The third-order valence-electron chi connectivity index (χ3n) is 7.22. The molecular formula is C30H42FN4O-. The van der Waals surface area contributed by atoms with Crippen LogP contribution in [0.2, 0.25) is 0 Å². The first-order valence-corrected chi connectivity index (χ1v) is 13.0. The van der Waals surface area contributed by atoms with E-state index in [1.165, 1.54) is 18.3 Å². The number of halogens is 1. The second-order valence-corrected chi connectivity index (χ2v) is 12.1. The van der Waals surface area contributed by atoms with Crippen LogP contribution < -0.4 is 5.32 Å². The molecule has 1 heterocycles. The first kappa shape index (κ1) is 27.7. The van der Waals surface area contributed by atoms with E-state index in [0.717, 1.165) is 43.5 Å². The van der Waals surface area contributed by atoms with Crippen molar-refractivity contribution in [2.45, 2.75) is 66.7 Å². The molecule has 2 amide bonds. The van der Waals surface area contributed by atoms with Crippen LogP contribution in [0.15, 0.2) is 42.5 Å². The highest BCUT2D eigenvalue weighted by Crippen LogP contribution is 2.42. The van der Waals surface area contributed by atoms with Crippen molar-refractivity contribution in [1.82, 2.24) is 10.2 Å². The lowest BCUT2D eigenvalue weighted by atomic mass is 9.71. The number of nitrogens with zero attached hydrogens (tertiary/aromatic N) is 2. The number of piperidine rings is 1. The number of benzene rings is 2. The number of carbonyl (C=O) groups is 1. The number of urea groups is 1. The normalized spacial score (nSPS) is 16.5. The number of amides is 2. The molecule has 0 saturated carbocycles. The van der Waals surface area contributed by atoms with E-state index in [-0.39, 0.29) is 28.6 Å². The van der Waals surface area contributed by atoms with Crippen molar-refractivity contribution >= 4 is 23.6 Å². The highest BCUT2D eigenvalue weighted by Gasteiger charge is 2.34. The van der Waals surface area contributed by atoms with Crippen LogP contribution in [-0.4, -0.2) is 36.8 Å². The number of hydrogen-bond donors (Lipinski definition) is 2. The predicted molar refractivity (Wildman–Crippen MR) is 147 cm³/mol. The van der Waals surface area contributed by atoms with Crippen molar-refractivity contribution in [3.63, 3.8) is 0 Å². The number of hydrogen-bond acceptors (Lipinski definition) is 2. The van der Waals surface area contributed by atoms with Crippen LogP contribution in [0.25, 0.3) is 5.32 Å². The van der Waals surface area contributed by atoms with Crippen molar-refractivity contribution in [1.29, 1.82) is 5.41 Å². The van der Waals surface area contributed by atoms with Gasteiger partial charge >= 0.3 is 6.03 Å². The van der Waals surface area contributed by atoms with Crippen LogP contribution in [0.1, 0.15) is 77.8 Å². The average molecular weight is 494 g/mol. The molecular weight excluding hydrogens is 451 g/mol. The molecule has 1 unspecified atom stereocenters. The Kier molecular flexibility index (Phi) is 8.80. The van der Waals surface area contributed by atoms with Gasteiger partial charge in [0.15, 0.2) is 0 Å². The van der Waals surface area contributed by atoms with Crippen LogP contribution in [-0.2, 0) is 0 Å². The van der Waals surface area contributed by atoms with E-state index >= 15 is 0 Å². The lowest BCUT2D eigenvalue weighted by Crippen LogP contribution is -2.50. The summed E-state index contributed by atoms with van der Waals surface area (Å²) in [4.78, 5) is 15.0. The molecule has 2 aromatic carbocycles. The molecule has 1 atom stereocenters. The maximum atomic E-state index is 13.3. The quantitative estimate of drug-likeness (QED) is 0.340. The summed E-state index contributed by atoms with van der Waals surface area (Å²) < 4.78 is 13.3. The maximum Gasteiger partial charge on any atom is 0.317 e. The van der Waals surface area contributed by atoms with Gasteiger partial charge in [0, 0.05) is 25.8 Å². The van der Waals surface area contributed by atoms with Gasteiger partial charge in [-0.1, -0.05) is 71.9 Å². The summed E-state index contributed by atoms with van der Waals surface area (Å²) in [6.45, 7) is 15.5. The van der Waals surface area contributed by atoms with E-state index in [1.807, 2.05) is 17.0 Å². The van der Waals surface area contributed by atoms with Gasteiger partial charge in [-0.2, -0.15) is 0 Å². The molecule has 0 spiro atoms. The van der Waals surface area contributed by atoms with E-state index in [9.17, 15) is 9.18 Å². The van der Waals surface area contributed by atoms with Crippen molar-refractivity contribution < 1.29 is 9.18 Å². The molecule has 0 radical (unpaired) electrons. The Morgan fingerprint density at radius 1 is 1.22 bits per heavy atom. The fourth-order valence-corrected chi connectivity index (χ4v) is 5.17.